The van der Waals surface area contributed by atoms with Crippen molar-refractivity contribution in [2.75, 3.05) is 13.2 Å². The molecule has 0 atom stereocenters. The summed E-state index contributed by atoms with van der Waals surface area (Å²) in [7, 11) is 0. The molecule has 21 heavy (non-hydrogen) atoms. The van der Waals surface area contributed by atoms with Crippen LogP contribution in [0, 0.1) is 13.8 Å². The Labute approximate surface area is 124 Å². The molecular formula is C15H22O6. The second kappa shape index (κ2) is 7.61. The fourth-order valence-electron chi connectivity index (χ4n) is 1.83. The number of hydrogen-bond acceptors (Lipinski definition) is 5. The van der Waals surface area contributed by atoms with Gasteiger partial charge in [-0.15, -0.1) is 0 Å². The molecule has 0 bridgehead atoms. The van der Waals surface area contributed by atoms with Crippen LogP contribution in [0.4, 0.5) is 4.79 Å². The van der Waals surface area contributed by atoms with Gasteiger partial charge < -0.3 is 24.4 Å². The Morgan fingerprint density at radius 3 is 1.90 bits per heavy atom. The highest BCUT2D eigenvalue weighted by Crippen LogP contribution is 2.48. The fourth-order valence-corrected chi connectivity index (χ4v) is 1.83. The first-order chi connectivity index (χ1) is 9.93. The molecule has 1 rings (SSSR count). The zero-order chi connectivity index (χ0) is 16.0. The van der Waals surface area contributed by atoms with Crippen LogP contribution in [0.25, 0.3) is 0 Å². The third-order valence-electron chi connectivity index (χ3n) is 2.97. The maximum absolute atomic E-state index is 10.8. The zero-order valence-electron chi connectivity index (χ0n) is 12.9. The van der Waals surface area contributed by atoms with E-state index in [4.69, 9.17) is 14.6 Å². The largest absolute Gasteiger partial charge is 0.511 e. The molecule has 0 aliphatic rings. The molecule has 118 valence electrons. The third-order valence-corrected chi connectivity index (χ3v) is 2.97. The summed E-state index contributed by atoms with van der Waals surface area (Å²) in [5.41, 5.74) is 1.19. The summed E-state index contributed by atoms with van der Waals surface area (Å²) >= 11 is 0. The average Bonchev–Trinajstić information content (AvgIpc) is 2.44. The quantitative estimate of drug-likeness (QED) is 0.590. The standard InChI is InChI=1S/C15H22O6/c1-5-7-19-13-10(4)9(3)12(21-15(17)18)11(16)14(13)20-8-6-2/h16H,5-8H2,1-4H3,(H,17,18). The molecule has 1 aromatic rings. The Morgan fingerprint density at radius 2 is 1.43 bits per heavy atom. The van der Waals surface area contributed by atoms with Gasteiger partial charge in [-0.1, -0.05) is 13.8 Å². The average molecular weight is 298 g/mol. The number of benzene rings is 1. The highest BCUT2D eigenvalue weighted by atomic mass is 16.7. The smallest absolute Gasteiger partial charge is 0.502 e. The Bertz CT molecular complexity index is 510. The molecule has 0 saturated heterocycles. The van der Waals surface area contributed by atoms with E-state index in [-0.39, 0.29) is 17.2 Å². The van der Waals surface area contributed by atoms with Gasteiger partial charge in [0.1, 0.15) is 0 Å². The van der Waals surface area contributed by atoms with Crippen molar-refractivity contribution in [1.29, 1.82) is 0 Å². The monoisotopic (exact) mass is 298 g/mol. The molecule has 0 aliphatic heterocycles. The molecule has 0 fully saturated rings. The lowest BCUT2D eigenvalue weighted by molar-refractivity contribution is 0.141. The summed E-state index contributed by atoms with van der Waals surface area (Å²) in [6.45, 7) is 8.19. The minimum atomic E-state index is -1.49. The summed E-state index contributed by atoms with van der Waals surface area (Å²) in [5.74, 6) is 0.0951. The predicted octanol–water partition coefficient (Wildman–Crippen LogP) is 3.64. The molecule has 2 N–H and O–H groups in total. The van der Waals surface area contributed by atoms with Gasteiger partial charge in [0, 0.05) is 11.1 Å². The van der Waals surface area contributed by atoms with Gasteiger partial charge >= 0.3 is 6.16 Å². The van der Waals surface area contributed by atoms with E-state index in [1.54, 1.807) is 13.8 Å². The van der Waals surface area contributed by atoms with E-state index in [2.05, 4.69) is 4.74 Å². The van der Waals surface area contributed by atoms with Crippen molar-refractivity contribution >= 4 is 6.16 Å². The Hall–Kier alpha value is -2.11. The van der Waals surface area contributed by atoms with E-state index in [1.807, 2.05) is 13.8 Å². The lowest BCUT2D eigenvalue weighted by atomic mass is 10.1. The molecule has 0 unspecified atom stereocenters. The molecule has 0 amide bonds. The second-order valence-electron chi connectivity index (χ2n) is 4.65. The molecule has 6 heteroatoms. The minimum Gasteiger partial charge on any atom is -0.502 e. The van der Waals surface area contributed by atoms with Gasteiger partial charge in [-0.05, 0) is 26.7 Å². The topological polar surface area (TPSA) is 85.2 Å². The number of phenolic OH excluding ortho intramolecular Hbond substituents is 1. The second-order valence-corrected chi connectivity index (χ2v) is 4.65. The summed E-state index contributed by atoms with van der Waals surface area (Å²) < 4.78 is 15.8. The van der Waals surface area contributed by atoms with Crippen molar-refractivity contribution < 1.29 is 29.2 Å². The highest BCUT2D eigenvalue weighted by Gasteiger charge is 2.24. The van der Waals surface area contributed by atoms with E-state index in [1.165, 1.54) is 0 Å². The first-order valence-electron chi connectivity index (χ1n) is 6.96. The van der Waals surface area contributed by atoms with Crippen molar-refractivity contribution in [3.05, 3.63) is 11.1 Å². The van der Waals surface area contributed by atoms with E-state index in [0.29, 0.717) is 30.1 Å². The summed E-state index contributed by atoms with van der Waals surface area (Å²) in [6.07, 6.45) is 0.0608. The van der Waals surface area contributed by atoms with Crippen LogP contribution in [0.1, 0.15) is 37.8 Å². The van der Waals surface area contributed by atoms with Gasteiger partial charge in [0.25, 0.3) is 0 Å². The van der Waals surface area contributed by atoms with Gasteiger partial charge in [0.2, 0.25) is 11.5 Å². The Kier molecular flexibility index (Phi) is 6.14. The lowest BCUT2D eigenvalue weighted by Crippen LogP contribution is -2.09. The van der Waals surface area contributed by atoms with Crippen LogP contribution < -0.4 is 14.2 Å². The molecule has 0 spiro atoms. The Morgan fingerprint density at radius 1 is 0.952 bits per heavy atom. The normalized spacial score (nSPS) is 10.3. The van der Waals surface area contributed by atoms with Crippen LogP contribution in [-0.4, -0.2) is 29.6 Å². The number of ether oxygens (including phenoxy) is 3. The van der Waals surface area contributed by atoms with Crippen LogP contribution in [0.15, 0.2) is 0 Å². The van der Waals surface area contributed by atoms with Crippen LogP contribution in [0.3, 0.4) is 0 Å². The van der Waals surface area contributed by atoms with Gasteiger partial charge in [-0.25, -0.2) is 4.79 Å². The van der Waals surface area contributed by atoms with Crippen molar-refractivity contribution in [2.45, 2.75) is 40.5 Å². The first-order valence-corrected chi connectivity index (χ1v) is 6.96. The number of aromatic hydroxyl groups is 1. The van der Waals surface area contributed by atoms with E-state index in [0.717, 1.165) is 12.8 Å². The molecule has 0 heterocycles. The molecule has 0 aliphatic carbocycles. The minimum absolute atomic E-state index is 0.116. The van der Waals surface area contributed by atoms with Crippen LogP contribution in [0.2, 0.25) is 0 Å². The number of phenols is 1. The summed E-state index contributed by atoms with van der Waals surface area (Å²) in [5, 5.41) is 19.0. The SMILES string of the molecule is CCCOc1c(C)c(C)c(OC(=O)O)c(O)c1OCCC. The predicted molar refractivity (Wildman–Crippen MR) is 77.8 cm³/mol. The van der Waals surface area contributed by atoms with Gasteiger partial charge in [0.15, 0.2) is 11.5 Å². The van der Waals surface area contributed by atoms with E-state index in [9.17, 15) is 9.90 Å². The molecule has 0 radical (unpaired) electrons. The lowest BCUT2D eigenvalue weighted by Gasteiger charge is -2.20. The highest BCUT2D eigenvalue weighted by molar-refractivity contribution is 5.71. The van der Waals surface area contributed by atoms with Crippen LogP contribution >= 0.6 is 0 Å². The maximum Gasteiger partial charge on any atom is 0.511 e. The maximum atomic E-state index is 10.8. The Balaban J connectivity index is 3.38. The first kappa shape index (κ1) is 16.9. The van der Waals surface area contributed by atoms with Crippen molar-refractivity contribution in [3.8, 4) is 23.0 Å². The molecule has 6 nitrogen and oxygen atoms in total. The third kappa shape index (κ3) is 3.93. The number of carboxylic acid groups (broad SMARTS) is 1. The van der Waals surface area contributed by atoms with Crippen LogP contribution in [0.5, 0.6) is 23.0 Å². The summed E-state index contributed by atoms with van der Waals surface area (Å²) in [6, 6.07) is 0. The van der Waals surface area contributed by atoms with Crippen LogP contribution in [-0.2, 0) is 0 Å². The molecule has 1 aromatic carbocycles. The van der Waals surface area contributed by atoms with E-state index < -0.39 is 6.16 Å². The van der Waals surface area contributed by atoms with E-state index >= 15 is 0 Å². The molecular weight excluding hydrogens is 276 g/mol. The molecule has 0 aromatic heterocycles. The van der Waals surface area contributed by atoms with Crippen molar-refractivity contribution in [1.82, 2.24) is 0 Å². The number of rotatable bonds is 7. The van der Waals surface area contributed by atoms with Crippen molar-refractivity contribution in [3.63, 3.8) is 0 Å². The molecule has 0 saturated carbocycles. The van der Waals surface area contributed by atoms with Crippen molar-refractivity contribution in [2.24, 2.45) is 0 Å². The fraction of sp³-hybridized carbons (Fsp3) is 0.533. The van der Waals surface area contributed by atoms with Gasteiger partial charge in [-0.2, -0.15) is 0 Å². The summed E-state index contributed by atoms with van der Waals surface area (Å²) in [4.78, 5) is 10.8. The van der Waals surface area contributed by atoms with Gasteiger partial charge in [-0.3, -0.25) is 0 Å². The number of hydrogen-bond donors (Lipinski definition) is 2. The number of carbonyl (C=O) groups is 1. The zero-order valence-corrected chi connectivity index (χ0v) is 12.9. The van der Waals surface area contributed by atoms with Gasteiger partial charge in [0.05, 0.1) is 13.2 Å².